The van der Waals surface area contributed by atoms with Crippen LogP contribution in [0.5, 0.6) is 5.75 Å². The molecule has 2 unspecified atom stereocenters. The summed E-state index contributed by atoms with van der Waals surface area (Å²) in [7, 11) is 0. The average molecular weight is 493 g/mol. The Labute approximate surface area is 208 Å². The van der Waals surface area contributed by atoms with Gasteiger partial charge >= 0.3 is 0 Å². The van der Waals surface area contributed by atoms with Gasteiger partial charge in [-0.05, 0) is 61.9 Å². The number of piperidine rings is 1. The number of amides is 2. The number of nitrogens with two attached hydrogens (primary N) is 1. The molecule has 8 nitrogen and oxygen atoms in total. The average Bonchev–Trinajstić information content (AvgIpc) is 3.63. The number of aromatic nitrogens is 1. The van der Waals surface area contributed by atoms with Crippen LogP contribution in [0.15, 0.2) is 48.5 Å². The molecule has 1 aliphatic heterocycles. The summed E-state index contributed by atoms with van der Waals surface area (Å²) in [6, 6.07) is 14.4. The van der Waals surface area contributed by atoms with Gasteiger partial charge in [-0.15, -0.1) is 0 Å². The van der Waals surface area contributed by atoms with Crippen LogP contribution in [0.25, 0.3) is 10.9 Å². The Hall–Kier alpha value is -3.72. The number of benzene rings is 2. The molecule has 2 amide bonds. The monoisotopic (exact) mass is 492 g/mol. The van der Waals surface area contributed by atoms with Gasteiger partial charge in [0.2, 0.25) is 11.8 Å². The van der Waals surface area contributed by atoms with Crippen molar-refractivity contribution >= 4 is 28.5 Å². The van der Waals surface area contributed by atoms with Crippen LogP contribution in [-0.2, 0) is 22.6 Å². The van der Waals surface area contributed by atoms with Crippen LogP contribution in [0.1, 0.15) is 36.8 Å². The van der Waals surface area contributed by atoms with Crippen molar-refractivity contribution in [3.05, 3.63) is 65.5 Å². The Morgan fingerprint density at radius 3 is 2.67 bits per heavy atom. The van der Waals surface area contributed by atoms with E-state index in [0.29, 0.717) is 5.56 Å². The number of para-hydroxylation sites is 1. The second-order valence-corrected chi connectivity index (χ2v) is 9.69. The molecule has 1 saturated heterocycles. The fraction of sp³-hybridized carbons (Fsp3) is 0.370. The third kappa shape index (κ3) is 4.58. The summed E-state index contributed by atoms with van der Waals surface area (Å²) in [5.41, 5.74) is 8.29. The van der Waals surface area contributed by atoms with Gasteiger partial charge in [-0.2, -0.15) is 0 Å². The van der Waals surface area contributed by atoms with Gasteiger partial charge in [0.1, 0.15) is 12.4 Å². The van der Waals surface area contributed by atoms with Crippen LogP contribution in [0.4, 0.5) is 10.2 Å². The zero-order valence-electron chi connectivity index (χ0n) is 19.9. The molecule has 188 valence electrons. The van der Waals surface area contributed by atoms with Crippen LogP contribution in [0, 0.1) is 17.2 Å². The number of hydrogen-bond acceptors (Lipinski definition) is 6. The van der Waals surface area contributed by atoms with Crippen molar-refractivity contribution in [3.8, 4) is 5.75 Å². The third-order valence-corrected chi connectivity index (χ3v) is 7.36. The van der Waals surface area contributed by atoms with Crippen molar-refractivity contribution in [1.82, 2.24) is 10.5 Å². The third-order valence-electron chi connectivity index (χ3n) is 7.36. The Balaban J connectivity index is 1.34. The predicted octanol–water partition coefficient (Wildman–Crippen LogP) is 3.48. The number of hydrogen-bond donors (Lipinski definition) is 3. The van der Waals surface area contributed by atoms with Crippen molar-refractivity contribution < 1.29 is 23.9 Å². The highest BCUT2D eigenvalue weighted by Crippen LogP contribution is 2.54. The summed E-state index contributed by atoms with van der Waals surface area (Å²) >= 11 is 0. The van der Waals surface area contributed by atoms with Crippen molar-refractivity contribution in [1.29, 1.82) is 0 Å². The minimum atomic E-state index is -1.12. The lowest BCUT2D eigenvalue weighted by molar-refractivity contribution is -0.134. The van der Waals surface area contributed by atoms with Crippen molar-refractivity contribution in [2.24, 2.45) is 17.1 Å². The number of fused-ring (bicyclic) bond motifs is 1. The molecule has 0 bridgehead atoms. The second kappa shape index (κ2) is 9.73. The van der Waals surface area contributed by atoms with E-state index in [9.17, 15) is 14.0 Å². The molecule has 1 aromatic heterocycles. The van der Waals surface area contributed by atoms with Crippen LogP contribution in [0.3, 0.4) is 0 Å². The summed E-state index contributed by atoms with van der Waals surface area (Å²) in [6.45, 7) is 2.11. The highest BCUT2D eigenvalue weighted by atomic mass is 19.1. The first-order valence-electron chi connectivity index (χ1n) is 12.2. The van der Waals surface area contributed by atoms with Crippen LogP contribution >= 0.6 is 0 Å². The predicted molar refractivity (Wildman–Crippen MR) is 132 cm³/mol. The SMILES string of the molecule is NC(=O)C1(Cc2ccc(OCc3cc(N4CCCCC4)nc4ccccc34)c(F)c2)CC1C(=O)NO. The number of anilines is 1. The molecule has 3 aromatic rings. The van der Waals surface area contributed by atoms with Crippen LogP contribution in [-0.4, -0.2) is 35.1 Å². The first kappa shape index (κ1) is 24.0. The highest BCUT2D eigenvalue weighted by Gasteiger charge is 2.62. The van der Waals surface area contributed by atoms with Crippen LogP contribution in [0.2, 0.25) is 0 Å². The number of carbonyl (C=O) groups is 2. The van der Waals surface area contributed by atoms with Gasteiger partial charge in [-0.3, -0.25) is 14.8 Å². The number of rotatable bonds is 8. The smallest absolute Gasteiger partial charge is 0.247 e. The normalized spacial score (nSPS) is 21.3. The molecule has 2 heterocycles. The van der Waals surface area contributed by atoms with E-state index >= 15 is 0 Å². The molecule has 0 radical (unpaired) electrons. The molecule has 1 aliphatic carbocycles. The highest BCUT2D eigenvalue weighted by molar-refractivity contribution is 5.95. The standard InChI is InChI=1S/C27H29FN4O4/c28-21-12-17(14-27(26(29)34)15-20(27)25(33)31-35)8-9-23(21)36-16-18-13-24(32-10-4-1-5-11-32)30-22-7-3-2-6-19(18)22/h2-3,6-9,12-13,20,35H,1,4-5,10-11,14-16H2,(H2,29,34)(H,31,33). The first-order chi connectivity index (χ1) is 17.4. The van der Waals surface area contributed by atoms with E-state index < -0.39 is 29.0 Å². The molecule has 36 heavy (non-hydrogen) atoms. The van der Waals surface area contributed by atoms with E-state index in [2.05, 4.69) is 4.90 Å². The summed E-state index contributed by atoms with van der Waals surface area (Å²) in [4.78, 5) is 30.9. The topological polar surface area (TPSA) is 118 Å². The minimum Gasteiger partial charge on any atom is -0.486 e. The molecule has 2 fully saturated rings. The number of hydroxylamine groups is 1. The molecule has 0 spiro atoms. The number of halogens is 1. The Morgan fingerprint density at radius 2 is 1.94 bits per heavy atom. The number of pyridine rings is 1. The summed E-state index contributed by atoms with van der Waals surface area (Å²) in [5, 5.41) is 9.84. The van der Waals surface area contributed by atoms with Gasteiger partial charge in [0.25, 0.3) is 0 Å². The maximum absolute atomic E-state index is 15.0. The van der Waals surface area contributed by atoms with Gasteiger partial charge < -0.3 is 15.4 Å². The zero-order valence-corrected chi connectivity index (χ0v) is 19.9. The molecular formula is C27H29FN4O4. The molecule has 2 aromatic carbocycles. The van der Waals surface area contributed by atoms with Gasteiger partial charge in [-0.1, -0.05) is 24.3 Å². The zero-order chi connectivity index (χ0) is 25.3. The van der Waals surface area contributed by atoms with E-state index in [1.165, 1.54) is 18.6 Å². The fourth-order valence-corrected chi connectivity index (χ4v) is 5.21. The molecule has 2 atom stereocenters. The Morgan fingerprint density at radius 1 is 1.17 bits per heavy atom. The van der Waals surface area contributed by atoms with Gasteiger partial charge in [-0.25, -0.2) is 14.9 Å². The van der Waals surface area contributed by atoms with Gasteiger partial charge in [0.15, 0.2) is 11.6 Å². The van der Waals surface area contributed by atoms with E-state index in [-0.39, 0.29) is 25.2 Å². The van der Waals surface area contributed by atoms with E-state index in [0.717, 1.165) is 48.2 Å². The van der Waals surface area contributed by atoms with Gasteiger partial charge in [0.05, 0.1) is 16.8 Å². The van der Waals surface area contributed by atoms with E-state index in [1.54, 1.807) is 11.5 Å². The quantitative estimate of drug-likeness (QED) is 0.327. The Bertz CT molecular complexity index is 1310. The molecular weight excluding hydrogens is 463 g/mol. The number of primary amides is 1. The lowest BCUT2D eigenvalue weighted by atomic mass is 9.92. The summed E-state index contributed by atoms with van der Waals surface area (Å²) < 4.78 is 20.9. The Kier molecular flexibility index (Phi) is 6.49. The van der Waals surface area contributed by atoms with Crippen LogP contribution < -0.4 is 20.9 Å². The number of nitrogens with zero attached hydrogens (tertiary/aromatic N) is 2. The molecule has 4 N–H and O–H groups in total. The van der Waals surface area contributed by atoms with Crippen molar-refractivity contribution in [3.63, 3.8) is 0 Å². The molecule has 5 rings (SSSR count). The molecule has 9 heteroatoms. The lowest BCUT2D eigenvalue weighted by Crippen LogP contribution is -2.33. The van der Waals surface area contributed by atoms with Gasteiger partial charge in [0, 0.05) is 24.0 Å². The molecule has 2 aliphatic rings. The first-order valence-corrected chi connectivity index (χ1v) is 12.2. The number of ether oxygens (including phenoxy) is 1. The maximum atomic E-state index is 15.0. The van der Waals surface area contributed by atoms with E-state index in [1.807, 2.05) is 30.3 Å². The summed E-state index contributed by atoms with van der Waals surface area (Å²) in [6.07, 6.45) is 3.82. The van der Waals surface area contributed by atoms with Crippen molar-refractivity contribution in [2.75, 3.05) is 18.0 Å². The second-order valence-electron chi connectivity index (χ2n) is 9.69. The largest absolute Gasteiger partial charge is 0.486 e. The maximum Gasteiger partial charge on any atom is 0.247 e. The lowest BCUT2D eigenvalue weighted by Gasteiger charge is -2.28. The number of nitrogens with one attached hydrogen (secondary N) is 1. The van der Waals surface area contributed by atoms with E-state index in [4.69, 9.17) is 20.7 Å². The molecule has 1 saturated carbocycles. The van der Waals surface area contributed by atoms with Crippen molar-refractivity contribution in [2.45, 2.75) is 38.7 Å². The summed E-state index contributed by atoms with van der Waals surface area (Å²) in [5.74, 6) is -1.61. The fourth-order valence-electron chi connectivity index (χ4n) is 5.21. The minimum absolute atomic E-state index is 0.0905. The number of carbonyl (C=O) groups excluding carboxylic acids is 2.